The molecule has 0 spiro atoms. The highest BCUT2D eigenvalue weighted by Crippen LogP contribution is 2.14. The fourth-order valence-electron chi connectivity index (χ4n) is 4.26. The van der Waals surface area contributed by atoms with Crippen molar-refractivity contribution in [2.75, 3.05) is 47.4 Å². The molecular formula is C31H61BrN3O4+. The number of ether oxygens (including phenoxy) is 2. The molecular weight excluding hydrogens is 558 g/mol. The second-order valence-corrected chi connectivity index (χ2v) is 12.7. The molecule has 2 N–H and O–H groups in total. The van der Waals surface area contributed by atoms with Crippen molar-refractivity contribution in [3.63, 3.8) is 0 Å². The van der Waals surface area contributed by atoms with Gasteiger partial charge in [-0.3, -0.25) is 0 Å². The zero-order valence-corrected chi connectivity index (χ0v) is 27.4. The van der Waals surface area contributed by atoms with Crippen LogP contribution in [0.1, 0.15) is 122 Å². The van der Waals surface area contributed by atoms with Crippen LogP contribution in [0.2, 0.25) is 0 Å². The molecule has 0 aliphatic carbocycles. The summed E-state index contributed by atoms with van der Waals surface area (Å²) in [6.45, 7) is 8.31. The Kier molecular flexibility index (Phi) is 24.8. The van der Waals surface area contributed by atoms with Gasteiger partial charge in [0.15, 0.2) is 5.01 Å². The highest BCUT2D eigenvalue weighted by Gasteiger charge is 2.16. The first kappa shape index (κ1) is 37.7. The Balaban J connectivity index is 3.54. The molecule has 0 radical (unpaired) electrons. The molecule has 0 bridgehead atoms. The third kappa shape index (κ3) is 28.1. The van der Waals surface area contributed by atoms with E-state index in [2.05, 4.69) is 61.2 Å². The van der Waals surface area contributed by atoms with Crippen LogP contribution < -0.4 is 10.6 Å². The summed E-state index contributed by atoms with van der Waals surface area (Å²) in [7, 11) is 6.44. The van der Waals surface area contributed by atoms with Crippen molar-refractivity contribution in [3.8, 4) is 0 Å². The Morgan fingerprint density at radius 2 is 1.10 bits per heavy atom. The lowest BCUT2D eigenvalue weighted by Gasteiger charge is -2.23. The number of hydrogen-bond acceptors (Lipinski definition) is 4. The van der Waals surface area contributed by atoms with Gasteiger partial charge in [-0.1, -0.05) is 110 Å². The standard InChI is InChI=1S/C31H60BrN3O4/c1-6-7-8-9-10-11-12-13-14-15-16-17-18-19-20-21-24-34-31(37)39-29(32)28(2)27-38-30(36)33-25-22-23-26-35(3,4)5/h29H,2,6-27H2,1,3-5H3,(H-,33,34,36,37)/p+1. The van der Waals surface area contributed by atoms with Crippen molar-refractivity contribution in [3.05, 3.63) is 12.2 Å². The van der Waals surface area contributed by atoms with Crippen molar-refractivity contribution in [2.45, 2.75) is 128 Å². The fraction of sp³-hybridized carbons (Fsp3) is 0.871. The molecule has 0 aromatic carbocycles. The van der Waals surface area contributed by atoms with Crippen LogP contribution in [0.4, 0.5) is 9.59 Å². The Hall–Kier alpha value is -1.28. The summed E-state index contributed by atoms with van der Waals surface area (Å²) in [5.74, 6) is 0. The average molecular weight is 620 g/mol. The van der Waals surface area contributed by atoms with Crippen LogP contribution in [0.25, 0.3) is 0 Å². The first-order chi connectivity index (χ1) is 18.7. The molecule has 0 aromatic rings. The van der Waals surface area contributed by atoms with Gasteiger partial charge in [0.05, 0.1) is 27.7 Å². The lowest BCUT2D eigenvalue weighted by atomic mass is 10.0. The number of halogens is 1. The molecule has 0 aliphatic rings. The topological polar surface area (TPSA) is 76.7 Å². The van der Waals surface area contributed by atoms with E-state index >= 15 is 0 Å². The molecule has 0 heterocycles. The minimum atomic E-state index is -0.708. The highest BCUT2D eigenvalue weighted by atomic mass is 79.9. The summed E-state index contributed by atoms with van der Waals surface area (Å²) in [4.78, 5) is 23.8. The smallest absolute Gasteiger partial charge is 0.408 e. The van der Waals surface area contributed by atoms with E-state index in [-0.39, 0.29) is 6.61 Å². The van der Waals surface area contributed by atoms with Gasteiger partial charge in [-0.05, 0) is 35.2 Å². The second-order valence-electron chi connectivity index (χ2n) is 11.8. The van der Waals surface area contributed by atoms with Crippen LogP contribution in [0, 0.1) is 0 Å². The molecule has 0 saturated carbocycles. The van der Waals surface area contributed by atoms with E-state index in [1.165, 1.54) is 89.9 Å². The predicted octanol–water partition coefficient (Wildman–Crippen LogP) is 8.46. The summed E-state index contributed by atoms with van der Waals surface area (Å²) in [5, 5.41) is 4.81. The summed E-state index contributed by atoms with van der Waals surface area (Å²) in [6, 6.07) is 0. The molecule has 230 valence electrons. The quantitative estimate of drug-likeness (QED) is 0.0441. The number of alkyl carbamates (subject to hydrolysis) is 2. The lowest BCUT2D eigenvalue weighted by Crippen LogP contribution is -2.35. The van der Waals surface area contributed by atoms with Gasteiger partial charge in [0, 0.05) is 18.7 Å². The Labute approximate surface area is 248 Å². The number of amides is 2. The van der Waals surface area contributed by atoms with Gasteiger partial charge >= 0.3 is 12.2 Å². The number of unbranched alkanes of at least 4 members (excludes halogenated alkanes) is 16. The summed E-state index contributed by atoms with van der Waals surface area (Å²) in [6.07, 6.45) is 22.1. The zero-order chi connectivity index (χ0) is 29.2. The largest absolute Gasteiger partial charge is 0.445 e. The van der Waals surface area contributed by atoms with Crippen LogP contribution in [0.15, 0.2) is 12.2 Å². The van der Waals surface area contributed by atoms with E-state index in [0.29, 0.717) is 18.7 Å². The summed E-state index contributed by atoms with van der Waals surface area (Å²) >= 11 is 3.28. The van der Waals surface area contributed by atoms with Gasteiger partial charge in [0.25, 0.3) is 0 Å². The van der Waals surface area contributed by atoms with Crippen molar-refractivity contribution < 1.29 is 23.5 Å². The lowest BCUT2D eigenvalue weighted by molar-refractivity contribution is -0.870. The van der Waals surface area contributed by atoms with E-state index in [4.69, 9.17) is 9.47 Å². The van der Waals surface area contributed by atoms with Gasteiger partial charge in [-0.15, -0.1) is 0 Å². The maximum Gasteiger partial charge on any atom is 0.408 e. The molecule has 1 unspecified atom stereocenters. The summed E-state index contributed by atoms with van der Waals surface area (Å²) < 4.78 is 11.3. The second kappa shape index (κ2) is 25.7. The molecule has 39 heavy (non-hydrogen) atoms. The third-order valence-electron chi connectivity index (χ3n) is 6.74. The SMILES string of the molecule is C=C(COC(=O)NCCCC[N+](C)(C)C)C(Br)OC(=O)NCCCCCCCCCCCCCCCCCC. The number of carbonyl (C=O) groups is 2. The maximum atomic E-state index is 12.0. The van der Waals surface area contributed by atoms with Crippen LogP contribution in [-0.4, -0.2) is 69.1 Å². The Morgan fingerprint density at radius 1 is 0.692 bits per heavy atom. The van der Waals surface area contributed by atoms with Crippen molar-refractivity contribution in [1.29, 1.82) is 0 Å². The number of rotatable bonds is 26. The van der Waals surface area contributed by atoms with Crippen LogP contribution in [0.5, 0.6) is 0 Å². The first-order valence-electron chi connectivity index (χ1n) is 15.6. The van der Waals surface area contributed by atoms with Crippen molar-refractivity contribution in [2.24, 2.45) is 0 Å². The predicted molar refractivity (Wildman–Crippen MR) is 167 cm³/mol. The Bertz CT molecular complexity index is 625. The normalized spacial score (nSPS) is 12.1. The van der Waals surface area contributed by atoms with Gasteiger partial charge in [0.2, 0.25) is 0 Å². The molecule has 0 aromatic heterocycles. The summed E-state index contributed by atoms with van der Waals surface area (Å²) in [5.41, 5.74) is 0.466. The molecule has 0 fully saturated rings. The van der Waals surface area contributed by atoms with Crippen LogP contribution in [0.3, 0.4) is 0 Å². The zero-order valence-electron chi connectivity index (χ0n) is 25.8. The molecule has 7 nitrogen and oxygen atoms in total. The number of quaternary nitrogens is 1. The number of nitrogens with one attached hydrogen (secondary N) is 2. The van der Waals surface area contributed by atoms with E-state index in [0.717, 1.165) is 36.7 Å². The van der Waals surface area contributed by atoms with Gasteiger partial charge in [-0.25, -0.2) is 9.59 Å². The van der Waals surface area contributed by atoms with Gasteiger partial charge in [-0.2, -0.15) is 0 Å². The van der Waals surface area contributed by atoms with Gasteiger partial charge in [0.1, 0.15) is 6.61 Å². The molecule has 1 atom stereocenters. The number of alkyl halides is 1. The third-order valence-corrected chi connectivity index (χ3v) is 7.58. The number of nitrogens with zero attached hydrogens (tertiary/aromatic N) is 1. The monoisotopic (exact) mass is 618 g/mol. The minimum absolute atomic E-state index is 0.0208. The maximum absolute atomic E-state index is 12.0. The van der Waals surface area contributed by atoms with E-state index < -0.39 is 17.2 Å². The molecule has 8 heteroatoms. The fourth-order valence-corrected chi connectivity index (χ4v) is 4.56. The Morgan fingerprint density at radius 3 is 1.56 bits per heavy atom. The number of hydrogen-bond donors (Lipinski definition) is 2. The molecule has 0 rings (SSSR count). The van der Waals surface area contributed by atoms with E-state index in [1.54, 1.807) is 0 Å². The first-order valence-corrected chi connectivity index (χ1v) is 16.5. The number of carbonyl (C=O) groups excluding carboxylic acids is 2. The van der Waals surface area contributed by atoms with E-state index in [1.807, 2.05) is 0 Å². The van der Waals surface area contributed by atoms with Crippen LogP contribution >= 0.6 is 15.9 Å². The van der Waals surface area contributed by atoms with Crippen LogP contribution in [-0.2, 0) is 9.47 Å². The minimum Gasteiger partial charge on any atom is -0.445 e. The van der Waals surface area contributed by atoms with Crippen molar-refractivity contribution >= 4 is 28.1 Å². The van der Waals surface area contributed by atoms with Gasteiger partial charge < -0.3 is 24.6 Å². The van der Waals surface area contributed by atoms with Crippen molar-refractivity contribution in [1.82, 2.24) is 10.6 Å². The molecule has 0 aliphatic heterocycles. The molecule has 2 amide bonds. The average Bonchev–Trinajstić information content (AvgIpc) is 2.88. The van der Waals surface area contributed by atoms with E-state index in [9.17, 15) is 9.59 Å². The molecule has 0 saturated heterocycles. The highest BCUT2D eigenvalue weighted by molar-refractivity contribution is 9.09.